The molecule has 3 heterocycles. The van der Waals surface area contributed by atoms with E-state index >= 15 is 0 Å². The fourth-order valence-corrected chi connectivity index (χ4v) is 4.81. The summed E-state index contributed by atoms with van der Waals surface area (Å²) in [7, 11) is 0. The van der Waals surface area contributed by atoms with Crippen LogP contribution in [0.15, 0.2) is 41.1 Å². The maximum absolute atomic E-state index is 14.1. The zero-order valence-corrected chi connectivity index (χ0v) is 18.3. The zero-order chi connectivity index (χ0) is 26.2. The van der Waals surface area contributed by atoms with E-state index in [0.717, 1.165) is 11.0 Å². The number of rotatable bonds is 3. The minimum atomic E-state index is -5.08. The molecule has 35 heavy (non-hydrogen) atoms. The topological polar surface area (TPSA) is 161 Å². The number of carbonyl (C=O) groups excluding carboxylic acids is 2. The first-order valence-corrected chi connectivity index (χ1v) is 10.8. The lowest BCUT2D eigenvalue weighted by Gasteiger charge is -2.47. The fraction of sp³-hybridized carbons (Fsp3) is 0.300. The predicted octanol–water partition coefficient (Wildman–Crippen LogP) is 1.41. The zero-order valence-electron chi connectivity index (χ0n) is 17.5. The Labute approximate surface area is 198 Å². The Balaban J connectivity index is 0.000000429. The van der Waals surface area contributed by atoms with Gasteiger partial charge in [0.05, 0.1) is 5.69 Å². The van der Waals surface area contributed by atoms with E-state index in [2.05, 4.69) is 0 Å². The van der Waals surface area contributed by atoms with Crippen molar-refractivity contribution >= 4 is 41.2 Å². The standard InChI is InChI=1S/C18H16FN3O5S.C2HF3O2/c19-11-6-10(23)1-2-12(11)21-4-3-8(15(21)24)5-9-7-28-17-13(20)16(25)22(17)14(9)18(26)27;3-2(4,5)1(6)7/h1-2,5-6,13,17,23H,3-4,7,20H2,(H,26,27);(H,6,7)/t13-,17-;/m1./s1. The number of benzene rings is 1. The molecule has 1 aromatic carbocycles. The lowest BCUT2D eigenvalue weighted by molar-refractivity contribution is -0.192. The smallest absolute Gasteiger partial charge is 0.490 e. The number of fused-ring (bicyclic) bond motifs is 1. The Hall–Kier alpha value is -3.59. The van der Waals surface area contributed by atoms with Gasteiger partial charge in [0, 0.05) is 23.9 Å². The van der Waals surface area contributed by atoms with Gasteiger partial charge in [0.15, 0.2) is 5.82 Å². The molecule has 2 amide bonds. The highest BCUT2D eigenvalue weighted by molar-refractivity contribution is 8.00. The van der Waals surface area contributed by atoms with Crippen molar-refractivity contribution in [3.05, 3.63) is 46.9 Å². The number of nitrogens with zero attached hydrogens (tertiary/aromatic N) is 2. The summed E-state index contributed by atoms with van der Waals surface area (Å²) in [5.41, 5.74) is 6.28. The molecule has 0 aliphatic carbocycles. The number of β-lactam (4-membered cyclic amide) rings is 1. The number of hydrogen-bond acceptors (Lipinski definition) is 7. The number of aliphatic carboxylic acids is 2. The number of carbonyl (C=O) groups is 4. The second-order valence-electron chi connectivity index (χ2n) is 7.43. The van der Waals surface area contributed by atoms with Crippen LogP contribution in [0.2, 0.25) is 0 Å². The number of amides is 2. The Morgan fingerprint density at radius 2 is 1.83 bits per heavy atom. The Morgan fingerprint density at radius 3 is 2.37 bits per heavy atom. The molecule has 1 aromatic rings. The molecule has 188 valence electrons. The number of phenols is 1. The van der Waals surface area contributed by atoms with Crippen molar-refractivity contribution in [1.29, 1.82) is 0 Å². The van der Waals surface area contributed by atoms with E-state index in [1.807, 2.05) is 0 Å². The first-order valence-electron chi connectivity index (χ1n) is 9.71. The van der Waals surface area contributed by atoms with E-state index in [-0.39, 0.29) is 23.7 Å². The monoisotopic (exact) mass is 519 g/mol. The van der Waals surface area contributed by atoms with Crippen molar-refractivity contribution in [2.45, 2.75) is 24.0 Å². The average Bonchev–Trinajstić information content (AvgIpc) is 3.12. The van der Waals surface area contributed by atoms with Crippen molar-refractivity contribution in [2.75, 3.05) is 17.2 Å². The van der Waals surface area contributed by atoms with Crippen LogP contribution >= 0.6 is 11.8 Å². The number of carboxylic acids is 2. The van der Waals surface area contributed by atoms with Gasteiger partial charge in [0.2, 0.25) is 5.91 Å². The molecule has 0 bridgehead atoms. The minimum absolute atomic E-state index is 0.0422. The number of aromatic hydroxyl groups is 1. The third-order valence-electron chi connectivity index (χ3n) is 5.18. The molecule has 5 N–H and O–H groups in total. The van der Waals surface area contributed by atoms with Gasteiger partial charge in [-0.15, -0.1) is 11.8 Å². The van der Waals surface area contributed by atoms with Crippen LogP contribution in [0.1, 0.15) is 6.42 Å². The molecule has 3 aliphatic rings. The number of phenolic OH excluding ortho intramolecular Hbond substituents is 1. The molecular formula is C20H17F4N3O7S. The van der Waals surface area contributed by atoms with Crippen LogP contribution in [-0.2, 0) is 19.2 Å². The summed E-state index contributed by atoms with van der Waals surface area (Å²) in [6.07, 6.45) is -3.30. The number of nitrogens with two attached hydrogens (primary N) is 1. The van der Waals surface area contributed by atoms with Crippen molar-refractivity contribution < 1.29 is 52.1 Å². The van der Waals surface area contributed by atoms with Crippen molar-refractivity contribution in [1.82, 2.24) is 4.90 Å². The second-order valence-corrected chi connectivity index (χ2v) is 8.53. The molecule has 3 aliphatic heterocycles. The second kappa shape index (κ2) is 9.58. The van der Waals surface area contributed by atoms with Gasteiger partial charge in [-0.1, -0.05) is 0 Å². The molecule has 2 atom stereocenters. The lowest BCUT2D eigenvalue weighted by Crippen LogP contribution is -2.68. The lowest BCUT2D eigenvalue weighted by atomic mass is 10.0. The van der Waals surface area contributed by atoms with Crippen LogP contribution < -0.4 is 10.6 Å². The van der Waals surface area contributed by atoms with Crippen LogP contribution in [0.25, 0.3) is 0 Å². The van der Waals surface area contributed by atoms with Gasteiger partial charge < -0.3 is 26.0 Å². The number of hydrogen-bond donors (Lipinski definition) is 4. The Morgan fingerprint density at radius 1 is 1.20 bits per heavy atom. The molecule has 10 nitrogen and oxygen atoms in total. The summed E-state index contributed by atoms with van der Waals surface area (Å²) < 4.78 is 45.8. The van der Waals surface area contributed by atoms with E-state index in [1.54, 1.807) is 0 Å². The van der Waals surface area contributed by atoms with Gasteiger partial charge in [0.25, 0.3) is 5.91 Å². The van der Waals surface area contributed by atoms with Gasteiger partial charge in [-0.05, 0) is 30.2 Å². The predicted molar refractivity (Wildman–Crippen MR) is 113 cm³/mol. The summed E-state index contributed by atoms with van der Waals surface area (Å²) in [6.45, 7) is 0.228. The summed E-state index contributed by atoms with van der Waals surface area (Å²) in [5.74, 6) is -5.59. The number of alkyl halides is 3. The third kappa shape index (κ3) is 5.09. The van der Waals surface area contributed by atoms with E-state index in [4.69, 9.17) is 15.6 Å². The maximum atomic E-state index is 14.1. The quantitative estimate of drug-likeness (QED) is 0.263. The van der Waals surface area contributed by atoms with E-state index in [1.165, 1.54) is 34.9 Å². The van der Waals surface area contributed by atoms with Gasteiger partial charge in [-0.3, -0.25) is 14.5 Å². The van der Waals surface area contributed by atoms with E-state index in [0.29, 0.717) is 23.3 Å². The first-order chi connectivity index (χ1) is 16.2. The summed E-state index contributed by atoms with van der Waals surface area (Å²) in [6, 6.07) is 2.80. The van der Waals surface area contributed by atoms with Crippen LogP contribution in [0.5, 0.6) is 5.75 Å². The number of allylic oxidation sites excluding steroid dienone is 1. The first kappa shape index (κ1) is 26.0. The van der Waals surface area contributed by atoms with E-state index in [9.17, 15) is 42.2 Å². The maximum Gasteiger partial charge on any atom is 0.490 e. The van der Waals surface area contributed by atoms with Gasteiger partial charge in [-0.25, -0.2) is 14.0 Å². The number of carboxylic acid groups (broad SMARTS) is 2. The van der Waals surface area contributed by atoms with Crippen LogP contribution in [0.3, 0.4) is 0 Å². The van der Waals surface area contributed by atoms with Crippen molar-refractivity contribution in [3.63, 3.8) is 0 Å². The fourth-order valence-electron chi connectivity index (χ4n) is 3.55. The van der Waals surface area contributed by atoms with Crippen molar-refractivity contribution in [2.24, 2.45) is 5.73 Å². The van der Waals surface area contributed by atoms with Crippen LogP contribution in [-0.4, -0.2) is 73.9 Å². The molecule has 4 rings (SSSR count). The molecule has 2 fully saturated rings. The SMILES string of the molecule is N[C@@H]1C(=O)N2C(C(=O)O)=C(C=C3CCN(c4ccc(O)cc4F)C3=O)CS[C@H]12.O=C(O)C(F)(F)F. The van der Waals surface area contributed by atoms with Crippen molar-refractivity contribution in [3.8, 4) is 5.75 Å². The Kier molecular flexibility index (Phi) is 7.12. The van der Waals surface area contributed by atoms with E-state index < -0.39 is 47.2 Å². The number of halogens is 4. The molecule has 0 unspecified atom stereocenters. The molecular weight excluding hydrogens is 502 g/mol. The molecule has 15 heteroatoms. The van der Waals surface area contributed by atoms with Crippen LogP contribution in [0.4, 0.5) is 23.2 Å². The highest BCUT2D eigenvalue weighted by atomic mass is 32.2. The molecule has 0 radical (unpaired) electrons. The summed E-state index contributed by atoms with van der Waals surface area (Å²) >= 11 is 1.34. The minimum Gasteiger partial charge on any atom is -0.508 e. The highest BCUT2D eigenvalue weighted by Gasteiger charge is 2.51. The normalized spacial score (nSPS) is 23.1. The summed E-state index contributed by atoms with van der Waals surface area (Å²) in [5, 5.41) is 25.6. The highest BCUT2D eigenvalue weighted by Crippen LogP contribution is 2.40. The molecule has 0 saturated carbocycles. The average molecular weight is 519 g/mol. The van der Waals surface area contributed by atoms with Gasteiger partial charge >= 0.3 is 18.1 Å². The largest absolute Gasteiger partial charge is 0.508 e. The number of thioether (sulfide) groups is 1. The molecule has 0 spiro atoms. The summed E-state index contributed by atoms with van der Waals surface area (Å²) in [4.78, 5) is 47.7. The third-order valence-corrected chi connectivity index (χ3v) is 6.50. The Bertz CT molecular complexity index is 1170. The van der Waals surface area contributed by atoms with Gasteiger partial charge in [0.1, 0.15) is 22.9 Å². The molecule has 0 aromatic heterocycles. The van der Waals surface area contributed by atoms with Gasteiger partial charge in [-0.2, -0.15) is 13.2 Å². The van der Waals surface area contributed by atoms with Crippen LogP contribution in [0, 0.1) is 5.82 Å². The number of anilines is 1. The molecule has 2 saturated heterocycles.